The molecule has 0 aliphatic carbocycles. The monoisotopic (exact) mass is 300 g/mol. The number of hydrogen-bond donors (Lipinski definition) is 1. The lowest BCUT2D eigenvalue weighted by Gasteiger charge is -2.09. The van der Waals surface area contributed by atoms with Gasteiger partial charge in [-0.25, -0.2) is 4.39 Å². The topological polar surface area (TPSA) is 34.0 Å². The van der Waals surface area contributed by atoms with Gasteiger partial charge in [-0.05, 0) is 18.2 Å². The van der Waals surface area contributed by atoms with E-state index < -0.39 is 5.82 Å². The lowest BCUT2D eigenvalue weighted by molar-refractivity contribution is 0.628. The van der Waals surface area contributed by atoms with E-state index in [1.54, 1.807) is 22.9 Å². The smallest absolute Gasteiger partial charge is 0.250 e. The second kappa shape index (κ2) is 6.08. The Hall–Kier alpha value is -1.52. The van der Waals surface area contributed by atoms with Crippen molar-refractivity contribution in [2.75, 3.05) is 11.9 Å². The molecule has 1 N–H and O–H groups in total. The molecular weight excluding hydrogens is 290 g/mol. The maximum atomic E-state index is 13.2. The number of anilines is 1. The van der Waals surface area contributed by atoms with Crippen molar-refractivity contribution in [1.29, 1.82) is 0 Å². The number of nitrogens with one attached hydrogen (secondary N) is 1. The van der Waals surface area contributed by atoms with Crippen LogP contribution in [0.25, 0.3) is 0 Å². The summed E-state index contributed by atoms with van der Waals surface area (Å²) in [6, 6.07) is 7.87. The van der Waals surface area contributed by atoms with Crippen LogP contribution in [-0.4, -0.2) is 11.1 Å². The van der Waals surface area contributed by atoms with Gasteiger partial charge in [-0.2, -0.15) is 0 Å². The summed E-state index contributed by atoms with van der Waals surface area (Å²) in [5.74, 6) is -0.631. The first-order chi connectivity index (χ1) is 9.08. The van der Waals surface area contributed by atoms with Crippen molar-refractivity contribution in [1.82, 2.24) is 4.57 Å². The van der Waals surface area contributed by atoms with Gasteiger partial charge in [0.15, 0.2) is 5.82 Å². The number of nitrogens with zero attached hydrogens (tertiary/aromatic N) is 1. The lowest BCUT2D eigenvalue weighted by Crippen LogP contribution is -2.22. The average Bonchev–Trinajstić information content (AvgIpc) is 2.38. The Kier molecular flexibility index (Phi) is 4.45. The Balaban J connectivity index is 2.00. The molecule has 0 bridgehead atoms. The molecule has 0 fully saturated rings. The van der Waals surface area contributed by atoms with E-state index in [0.717, 1.165) is 0 Å². The quantitative estimate of drug-likeness (QED) is 0.878. The standard InChI is InChI=1S/C13H11Cl2FN2O/c14-10-7-9(8-11(15)13(10)16)17-4-6-18-5-2-1-3-12(18)19/h1-3,5,7-8,17H,4,6H2. The van der Waals surface area contributed by atoms with Crippen LogP contribution in [0.2, 0.25) is 10.0 Å². The van der Waals surface area contributed by atoms with Crippen LogP contribution in [-0.2, 0) is 6.54 Å². The maximum Gasteiger partial charge on any atom is 0.250 e. The predicted molar refractivity (Wildman–Crippen MR) is 75.6 cm³/mol. The van der Waals surface area contributed by atoms with Crippen LogP contribution in [0.3, 0.4) is 0 Å². The number of hydrogen-bond acceptors (Lipinski definition) is 2. The third-order valence-electron chi connectivity index (χ3n) is 2.56. The first-order valence-electron chi connectivity index (χ1n) is 5.62. The first kappa shape index (κ1) is 13.9. The highest BCUT2D eigenvalue weighted by molar-refractivity contribution is 6.35. The number of aromatic nitrogens is 1. The molecule has 6 heteroatoms. The van der Waals surface area contributed by atoms with E-state index in [0.29, 0.717) is 18.8 Å². The normalized spacial score (nSPS) is 10.5. The van der Waals surface area contributed by atoms with Gasteiger partial charge in [0, 0.05) is 31.0 Å². The molecular formula is C13H11Cl2FN2O. The van der Waals surface area contributed by atoms with E-state index in [-0.39, 0.29) is 15.6 Å². The molecule has 19 heavy (non-hydrogen) atoms. The fourth-order valence-electron chi connectivity index (χ4n) is 1.62. The Morgan fingerprint density at radius 2 is 1.89 bits per heavy atom. The largest absolute Gasteiger partial charge is 0.383 e. The van der Waals surface area contributed by atoms with Crippen molar-refractivity contribution < 1.29 is 4.39 Å². The zero-order valence-electron chi connectivity index (χ0n) is 9.87. The molecule has 0 radical (unpaired) electrons. The van der Waals surface area contributed by atoms with Gasteiger partial charge in [0.05, 0.1) is 10.0 Å². The van der Waals surface area contributed by atoms with Gasteiger partial charge in [-0.15, -0.1) is 0 Å². The number of rotatable bonds is 4. The molecule has 0 spiro atoms. The Bertz CT molecular complexity index is 620. The number of benzene rings is 1. The molecule has 2 rings (SSSR count). The van der Waals surface area contributed by atoms with E-state index in [4.69, 9.17) is 23.2 Å². The first-order valence-corrected chi connectivity index (χ1v) is 6.37. The van der Waals surface area contributed by atoms with Crippen LogP contribution in [0.1, 0.15) is 0 Å². The van der Waals surface area contributed by atoms with Gasteiger partial charge in [-0.3, -0.25) is 4.79 Å². The fraction of sp³-hybridized carbons (Fsp3) is 0.154. The lowest BCUT2D eigenvalue weighted by atomic mass is 10.3. The molecule has 100 valence electrons. The molecule has 0 atom stereocenters. The van der Waals surface area contributed by atoms with Crippen molar-refractivity contribution in [3.8, 4) is 0 Å². The zero-order chi connectivity index (χ0) is 13.8. The highest BCUT2D eigenvalue weighted by Gasteiger charge is 2.07. The second-order valence-corrected chi connectivity index (χ2v) is 4.73. The van der Waals surface area contributed by atoms with Crippen LogP contribution in [0.5, 0.6) is 0 Å². The summed E-state index contributed by atoms with van der Waals surface area (Å²) in [5, 5.41) is 2.96. The van der Waals surface area contributed by atoms with Crippen molar-refractivity contribution in [3.63, 3.8) is 0 Å². The van der Waals surface area contributed by atoms with Crippen LogP contribution < -0.4 is 10.9 Å². The van der Waals surface area contributed by atoms with Crippen LogP contribution >= 0.6 is 23.2 Å². The number of halogens is 3. The third-order valence-corrected chi connectivity index (χ3v) is 3.11. The molecule has 0 unspecified atom stereocenters. The molecule has 0 aliphatic heterocycles. The summed E-state index contributed by atoms with van der Waals surface area (Å²) >= 11 is 11.4. The Morgan fingerprint density at radius 1 is 1.21 bits per heavy atom. The zero-order valence-corrected chi connectivity index (χ0v) is 11.4. The van der Waals surface area contributed by atoms with Gasteiger partial charge >= 0.3 is 0 Å². The SMILES string of the molecule is O=c1ccccn1CCNc1cc(Cl)c(F)c(Cl)c1. The minimum atomic E-state index is -0.631. The van der Waals surface area contributed by atoms with Crippen molar-refractivity contribution in [2.24, 2.45) is 0 Å². The van der Waals surface area contributed by atoms with E-state index in [1.807, 2.05) is 0 Å². The summed E-state index contributed by atoms with van der Waals surface area (Å²) in [7, 11) is 0. The van der Waals surface area contributed by atoms with Crippen molar-refractivity contribution >= 4 is 28.9 Å². The molecule has 0 saturated carbocycles. The molecule has 2 aromatic rings. The summed E-state index contributed by atoms with van der Waals surface area (Å²) in [5.41, 5.74) is 0.542. The number of pyridine rings is 1. The van der Waals surface area contributed by atoms with E-state index in [2.05, 4.69) is 5.32 Å². The van der Waals surface area contributed by atoms with E-state index in [1.165, 1.54) is 18.2 Å². The summed E-state index contributed by atoms with van der Waals surface area (Å²) < 4.78 is 14.8. The molecule has 1 heterocycles. The van der Waals surface area contributed by atoms with E-state index in [9.17, 15) is 9.18 Å². The average molecular weight is 301 g/mol. The highest BCUT2D eigenvalue weighted by atomic mass is 35.5. The minimum Gasteiger partial charge on any atom is -0.383 e. The van der Waals surface area contributed by atoms with Crippen LogP contribution in [0, 0.1) is 5.82 Å². The summed E-state index contributed by atoms with van der Waals surface area (Å²) in [4.78, 5) is 11.5. The van der Waals surface area contributed by atoms with E-state index >= 15 is 0 Å². The van der Waals surface area contributed by atoms with Gasteiger partial charge in [0.25, 0.3) is 5.56 Å². The second-order valence-electron chi connectivity index (χ2n) is 3.91. The highest BCUT2D eigenvalue weighted by Crippen LogP contribution is 2.27. The van der Waals surface area contributed by atoms with Gasteiger partial charge in [0.2, 0.25) is 0 Å². The third kappa shape index (κ3) is 3.49. The fourth-order valence-corrected chi connectivity index (χ4v) is 2.11. The van der Waals surface area contributed by atoms with Crippen LogP contribution in [0.15, 0.2) is 41.3 Å². The van der Waals surface area contributed by atoms with Crippen LogP contribution in [0.4, 0.5) is 10.1 Å². The minimum absolute atomic E-state index is 0.0353. The Morgan fingerprint density at radius 3 is 2.53 bits per heavy atom. The van der Waals surface area contributed by atoms with Gasteiger partial charge in [0.1, 0.15) is 0 Å². The molecule has 3 nitrogen and oxygen atoms in total. The van der Waals surface area contributed by atoms with Gasteiger partial charge < -0.3 is 9.88 Å². The molecule has 1 aromatic heterocycles. The maximum absolute atomic E-state index is 13.2. The summed E-state index contributed by atoms with van der Waals surface area (Å²) in [6.45, 7) is 0.995. The molecule has 0 amide bonds. The summed E-state index contributed by atoms with van der Waals surface area (Å²) in [6.07, 6.45) is 1.70. The molecule has 0 aliphatic rings. The van der Waals surface area contributed by atoms with Gasteiger partial charge in [-0.1, -0.05) is 29.3 Å². The molecule has 1 aromatic carbocycles. The van der Waals surface area contributed by atoms with Crippen molar-refractivity contribution in [2.45, 2.75) is 6.54 Å². The molecule has 0 saturated heterocycles. The predicted octanol–water partition coefficient (Wildman–Crippen LogP) is 3.41. The Labute approximate surface area is 119 Å². The van der Waals surface area contributed by atoms with Crippen molar-refractivity contribution in [3.05, 3.63) is 62.7 Å².